The molecule has 1 aliphatic heterocycles. The van der Waals surface area contributed by atoms with Crippen molar-refractivity contribution in [3.63, 3.8) is 0 Å². The molecule has 1 atom stereocenters. The van der Waals surface area contributed by atoms with Crippen molar-refractivity contribution in [1.29, 1.82) is 0 Å². The quantitative estimate of drug-likeness (QED) is 0.917. The van der Waals surface area contributed by atoms with E-state index in [2.05, 4.69) is 5.32 Å². The number of halogens is 2. The van der Waals surface area contributed by atoms with Crippen LogP contribution in [0.15, 0.2) is 18.2 Å². The predicted octanol–water partition coefficient (Wildman–Crippen LogP) is 1.67. The number of hydrogen-bond donors (Lipinski definition) is 1. The van der Waals surface area contributed by atoms with E-state index in [9.17, 15) is 17.2 Å². The summed E-state index contributed by atoms with van der Waals surface area (Å²) >= 11 is 0. The van der Waals surface area contributed by atoms with Crippen molar-refractivity contribution in [2.24, 2.45) is 0 Å². The molecule has 1 aliphatic rings. The minimum absolute atomic E-state index is 0.0443. The third-order valence-corrected chi connectivity index (χ3v) is 5.05. The maximum Gasteiger partial charge on any atom is 0.151 e. The van der Waals surface area contributed by atoms with Crippen molar-refractivity contribution in [2.45, 2.75) is 25.3 Å². The summed E-state index contributed by atoms with van der Waals surface area (Å²) in [5, 5.41) is 3.14. The lowest BCUT2D eigenvalue weighted by molar-refractivity contribution is 0.482. The SMILES string of the molecule is O=S1(=O)CCCC(NCCc2cc(F)cc(F)c2)C1. The van der Waals surface area contributed by atoms with E-state index in [-0.39, 0.29) is 17.5 Å². The molecule has 0 amide bonds. The Morgan fingerprint density at radius 2 is 1.89 bits per heavy atom. The number of sulfone groups is 1. The molecule has 1 N–H and O–H groups in total. The average Bonchev–Trinajstić information content (AvgIpc) is 2.26. The van der Waals surface area contributed by atoms with Crippen LogP contribution in [0.2, 0.25) is 0 Å². The summed E-state index contributed by atoms with van der Waals surface area (Å²) in [5.74, 6) is -0.754. The lowest BCUT2D eigenvalue weighted by Gasteiger charge is -2.23. The fraction of sp³-hybridized carbons (Fsp3) is 0.538. The largest absolute Gasteiger partial charge is 0.313 e. The Labute approximate surface area is 111 Å². The summed E-state index contributed by atoms with van der Waals surface area (Å²) in [7, 11) is -2.92. The van der Waals surface area contributed by atoms with Crippen molar-refractivity contribution in [3.8, 4) is 0 Å². The van der Waals surface area contributed by atoms with Gasteiger partial charge in [0.05, 0.1) is 11.5 Å². The second-order valence-corrected chi connectivity index (χ2v) is 7.16. The first-order valence-corrected chi connectivity index (χ1v) is 8.15. The van der Waals surface area contributed by atoms with Crippen LogP contribution in [0.25, 0.3) is 0 Å². The van der Waals surface area contributed by atoms with E-state index in [1.54, 1.807) is 0 Å². The molecule has 3 nitrogen and oxygen atoms in total. The van der Waals surface area contributed by atoms with Gasteiger partial charge in [-0.05, 0) is 43.5 Å². The summed E-state index contributed by atoms with van der Waals surface area (Å²) in [6.07, 6.45) is 1.98. The second-order valence-electron chi connectivity index (χ2n) is 4.94. The van der Waals surface area contributed by atoms with Crippen LogP contribution in [0, 0.1) is 11.6 Å². The Morgan fingerprint density at radius 3 is 2.53 bits per heavy atom. The molecule has 0 radical (unpaired) electrons. The standard InChI is InChI=1S/C13H17F2NO2S/c14-11-6-10(7-12(15)8-11)3-4-16-13-2-1-5-19(17,18)9-13/h6-8,13,16H,1-5,9H2. The van der Waals surface area contributed by atoms with E-state index in [4.69, 9.17) is 0 Å². The molecular weight excluding hydrogens is 272 g/mol. The zero-order valence-corrected chi connectivity index (χ0v) is 11.3. The van der Waals surface area contributed by atoms with Crippen LogP contribution in [0.3, 0.4) is 0 Å². The molecule has 6 heteroatoms. The van der Waals surface area contributed by atoms with Crippen LogP contribution in [0.5, 0.6) is 0 Å². The van der Waals surface area contributed by atoms with Crippen molar-refractivity contribution >= 4 is 9.84 Å². The first-order valence-electron chi connectivity index (χ1n) is 6.33. The molecule has 0 aromatic heterocycles. The molecule has 0 bridgehead atoms. The highest BCUT2D eigenvalue weighted by Crippen LogP contribution is 2.12. The van der Waals surface area contributed by atoms with Gasteiger partial charge in [0.1, 0.15) is 11.6 Å². The maximum atomic E-state index is 13.0. The lowest BCUT2D eigenvalue weighted by atomic mass is 10.1. The van der Waals surface area contributed by atoms with Crippen molar-refractivity contribution in [1.82, 2.24) is 5.32 Å². The fourth-order valence-corrected chi connectivity index (χ4v) is 4.03. The van der Waals surface area contributed by atoms with Crippen molar-refractivity contribution < 1.29 is 17.2 Å². The van der Waals surface area contributed by atoms with E-state index in [0.29, 0.717) is 24.9 Å². The van der Waals surface area contributed by atoms with Gasteiger partial charge in [0, 0.05) is 12.1 Å². The van der Waals surface area contributed by atoms with Gasteiger partial charge in [-0.15, -0.1) is 0 Å². The number of nitrogens with one attached hydrogen (secondary N) is 1. The Kier molecular flexibility index (Phi) is 4.52. The van der Waals surface area contributed by atoms with Crippen molar-refractivity contribution in [3.05, 3.63) is 35.4 Å². The minimum Gasteiger partial charge on any atom is -0.313 e. The van der Waals surface area contributed by atoms with Gasteiger partial charge >= 0.3 is 0 Å². The highest BCUT2D eigenvalue weighted by Gasteiger charge is 2.23. The van der Waals surface area contributed by atoms with Gasteiger partial charge in [0.15, 0.2) is 9.84 Å². The monoisotopic (exact) mass is 289 g/mol. The van der Waals surface area contributed by atoms with Gasteiger partial charge in [-0.1, -0.05) is 0 Å². The van der Waals surface area contributed by atoms with Gasteiger partial charge in [0.25, 0.3) is 0 Å². The zero-order chi connectivity index (χ0) is 13.9. The summed E-state index contributed by atoms with van der Waals surface area (Å²) in [6, 6.07) is 3.38. The molecule has 0 spiro atoms. The van der Waals surface area contributed by atoms with Gasteiger partial charge < -0.3 is 5.32 Å². The topological polar surface area (TPSA) is 46.2 Å². The molecule has 1 heterocycles. The molecule has 0 aliphatic carbocycles. The number of hydrogen-bond acceptors (Lipinski definition) is 3. The smallest absolute Gasteiger partial charge is 0.151 e. The molecule has 19 heavy (non-hydrogen) atoms. The van der Waals surface area contributed by atoms with Gasteiger partial charge in [-0.3, -0.25) is 0 Å². The van der Waals surface area contributed by atoms with E-state index in [1.165, 1.54) is 12.1 Å². The zero-order valence-electron chi connectivity index (χ0n) is 10.5. The summed E-state index contributed by atoms with van der Waals surface area (Å²) in [4.78, 5) is 0. The van der Waals surface area contributed by atoms with Crippen LogP contribution in [0.4, 0.5) is 8.78 Å². The molecular formula is C13H17F2NO2S. The molecule has 2 rings (SSSR count). The highest BCUT2D eigenvalue weighted by molar-refractivity contribution is 7.91. The Morgan fingerprint density at radius 1 is 1.21 bits per heavy atom. The summed E-state index contributed by atoms with van der Waals surface area (Å²) in [6.45, 7) is 0.517. The van der Waals surface area contributed by atoms with E-state index in [1.807, 2.05) is 0 Å². The van der Waals surface area contributed by atoms with E-state index >= 15 is 0 Å². The van der Waals surface area contributed by atoms with Crippen LogP contribution >= 0.6 is 0 Å². The second kappa shape index (κ2) is 5.96. The predicted molar refractivity (Wildman–Crippen MR) is 69.7 cm³/mol. The fourth-order valence-electron chi connectivity index (χ4n) is 2.36. The molecule has 1 saturated heterocycles. The lowest BCUT2D eigenvalue weighted by Crippen LogP contribution is -2.40. The molecule has 1 unspecified atom stereocenters. The third kappa shape index (κ3) is 4.54. The number of benzene rings is 1. The normalized spacial score (nSPS) is 22.3. The summed E-state index contributed by atoms with van der Waals surface area (Å²) < 4.78 is 48.8. The molecule has 0 saturated carbocycles. The molecule has 1 aromatic rings. The van der Waals surface area contributed by atoms with Gasteiger partial charge in [-0.25, -0.2) is 17.2 Å². The third-order valence-electron chi connectivity index (χ3n) is 3.23. The van der Waals surface area contributed by atoms with Gasteiger partial charge in [-0.2, -0.15) is 0 Å². The first-order chi connectivity index (χ1) is 8.94. The van der Waals surface area contributed by atoms with Crippen LogP contribution in [0.1, 0.15) is 18.4 Å². The van der Waals surface area contributed by atoms with E-state index in [0.717, 1.165) is 12.5 Å². The molecule has 106 valence electrons. The van der Waals surface area contributed by atoms with Crippen molar-refractivity contribution in [2.75, 3.05) is 18.1 Å². The van der Waals surface area contributed by atoms with Gasteiger partial charge in [0.2, 0.25) is 0 Å². The van der Waals surface area contributed by atoms with E-state index < -0.39 is 21.5 Å². The first kappa shape index (κ1) is 14.4. The molecule has 1 fully saturated rings. The van der Waals surface area contributed by atoms with Crippen LogP contribution in [-0.2, 0) is 16.3 Å². The Balaban J connectivity index is 1.83. The average molecular weight is 289 g/mol. The summed E-state index contributed by atoms with van der Waals surface area (Å²) in [5.41, 5.74) is 0.573. The Bertz CT molecular complexity index is 525. The van der Waals surface area contributed by atoms with Crippen LogP contribution < -0.4 is 5.32 Å². The number of rotatable bonds is 4. The maximum absolute atomic E-state index is 13.0. The van der Waals surface area contributed by atoms with Crippen LogP contribution in [-0.4, -0.2) is 32.5 Å². The molecule has 1 aromatic carbocycles. The minimum atomic E-state index is -2.92. The highest BCUT2D eigenvalue weighted by atomic mass is 32.2. The Hall–Kier alpha value is -1.01.